The molecule has 1 N–H and O–H groups in total. The molecule has 0 aliphatic carbocycles. The Morgan fingerprint density at radius 3 is 2.35 bits per heavy atom. The predicted octanol–water partition coefficient (Wildman–Crippen LogP) is 1.14. The first-order valence-corrected chi connectivity index (χ1v) is 7.54. The van der Waals surface area contributed by atoms with Crippen LogP contribution in [0.25, 0.3) is 0 Å². The molecule has 0 aromatic carbocycles. The SMILES string of the molecule is CCNCCC(=O)N1CCN(c2ncc(C(F)(F)F)cn2)CC1. The Morgan fingerprint density at radius 2 is 1.83 bits per heavy atom. The number of anilines is 1. The lowest BCUT2D eigenvalue weighted by Crippen LogP contribution is -2.49. The van der Waals surface area contributed by atoms with Gasteiger partial charge in [0.25, 0.3) is 0 Å². The molecule has 23 heavy (non-hydrogen) atoms. The van der Waals surface area contributed by atoms with Crippen LogP contribution in [0.3, 0.4) is 0 Å². The van der Waals surface area contributed by atoms with E-state index in [9.17, 15) is 18.0 Å². The molecule has 1 aromatic rings. The summed E-state index contributed by atoms with van der Waals surface area (Å²) >= 11 is 0. The number of carbonyl (C=O) groups excluding carboxylic acids is 1. The Morgan fingerprint density at radius 1 is 1.22 bits per heavy atom. The predicted molar refractivity (Wildman–Crippen MR) is 79.0 cm³/mol. The molecule has 0 atom stereocenters. The van der Waals surface area contributed by atoms with Gasteiger partial charge in [-0.05, 0) is 6.54 Å². The van der Waals surface area contributed by atoms with Crippen molar-refractivity contribution in [2.24, 2.45) is 0 Å². The van der Waals surface area contributed by atoms with Gasteiger partial charge in [0.05, 0.1) is 5.56 Å². The van der Waals surface area contributed by atoms with Crippen LogP contribution in [-0.4, -0.2) is 60.0 Å². The molecule has 1 amide bonds. The van der Waals surface area contributed by atoms with E-state index in [2.05, 4.69) is 15.3 Å². The summed E-state index contributed by atoms with van der Waals surface area (Å²) in [6.07, 6.45) is -2.41. The lowest BCUT2D eigenvalue weighted by atomic mass is 10.2. The van der Waals surface area contributed by atoms with E-state index < -0.39 is 11.7 Å². The van der Waals surface area contributed by atoms with Gasteiger partial charge >= 0.3 is 6.18 Å². The van der Waals surface area contributed by atoms with E-state index in [4.69, 9.17) is 0 Å². The molecular formula is C14H20F3N5O. The molecule has 9 heteroatoms. The number of aromatic nitrogens is 2. The van der Waals surface area contributed by atoms with Gasteiger partial charge in [-0.25, -0.2) is 9.97 Å². The van der Waals surface area contributed by atoms with Crippen molar-refractivity contribution < 1.29 is 18.0 Å². The molecule has 1 aliphatic rings. The summed E-state index contributed by atoms with van der Waals surface area (Å²) in [5.41, 5.74) is -0.863. The Bertz CT molecular complexity index is 512. The van der Waals surface area contributed by atoms with E-state index in [0.717, 1.165) is 18.9 Å². The Labute approximate surface area is 132 Å². The third-order valence-electron chi connectivity index (χ3n) is 3.65. The highest BCUT2D eigenvalue weighted by Gasteiger charge is 2.32. The fourth-order valence-corrected chi connectivity index (χ4v) is 2.32. The Kier molecular flexibility index (Phi) is 5.75. The van der Waals surface area contributed by atoms with Crippen LogP contribution in [0.2, 0.25) is 0 Å². The third-order valence-corrected chi connectivity index (χ3v) is 3.65. The quantitative estimate of drug-likeness (QED) is 0.820. The normalized spacial score (nSPS) is 15.8. The zero-order valence-corrected chi connectivity index (χ0v) is 12.9. The van der Waals surface area contributed by atoms with Crippen molar-refractivity contribution >= 4 is 11.9 Å². The monoisotopic (exact) mass is 331 g/mol. The Balaban J connectivity index is 1.85. The van der Waals surface area contributed by atoms with Crippen LogP contribution in [0.1, 0.15) is 18.9 Å². The standard InChI is InChI=1S/C14H20F3N5O/c1-2-18-4-3-12(23)21-5-7-22(8-6-21)13-19-9-11(10-20-13)14(15,16)17/h9-10,18H,2-8H2,1H3. The van der Waals surface area contributed by atoms with Crippen molar-refractivity contribution in [3.63, 3.8) is 0 Å². The fourth-order valence-electron chi connectivity index (χ4n) is 2.32. The number of piperazine rings is 1. The van der Waals surface area contributed by atoms with Gasteiger partial charge in [0.15, 0.2) is 0 Å². The van der Waals surface area contributed by atoms with Crippen molar-refractivity contribution in [2.75, 3.05) is 44.2 Å². The van der Waals surface area contributed by atoms with E-state index in [1.54, 1.807) is 9.80 Å². The number of rotatable bonds is 5. The topological polar surface area (TPSA) is 61.4 Å². The molecule has 1 aliphatic heterocycles. The first-order chi connectivity index (χ1) is 10.9. The highest BCUT2D eigenvalue weighted by Crippen LogP contribution is 2.28. The Hall–Kier alpha value is -1.90. The summed E-state index contributed by atoms with van der Waals surface area (Å²) in [5.74, 6) is 0.344. The highest BCUT2D eigenvalue weighted by molar-refractivity contribution is 5.76. The van der Waals surface area contributed by atoms with E-state index in [1.807, 2.05) is 6.92 Å². The van der Waals surface area contributed by atoms with E-state index >= 15 is 0 Å². The number of hydrogen-bond donors (Lipinski definition) is 1. The maximum atomic E-state index is 12.5. The molecule has 2 heterocycles. The van der Waals surface area contributed by atoms with Crippen molar-refractivity contribution in [2.45, 2.75) is 19.5 Å². The van der Waals surface area contributed by atoms with Gasteiger partial charge in [-0.2, -0.15) is 13.2 Å². The molecule has 1 saturated heterocycles. The van der Waals surface area contributed by atoms with E-state index in [-0.39, 0.29) is 11.9 Å². The number of nitrogens with zero attached hydrogens (tertiary/aromatic N) is 4. The van der Waals surface area contributed by atoms with Gasteiger partial charge in [0.1, 0.15) is 0 Å². The molecule has 1 aromatic heterocycles. The van der Waals surface area contributed by atoms with Crippen LogP contribution in [-0.2, 0) is 11.0 Å². The fraction of sp³-hybridized carbons (Fsp3) is 0.643. The van der Waals surface area contributed by atoms with E-state index in [1.165, 1.54) is 0 Å². The second-order valence-corrected chi connectivity index (χ2v) is 5.24. The molecule has 0 spiro atoms. The van der Waals surface area contributed by atoms with Crippen LogP contribution in [0.5, 0.6) is 0 Å². The number of nitrogens with one attached hydrogen (secondary N) is 1. The van der Waals surface area contributed by atoms with E-state index in [0.29, 0.717) is 39.1 Å². The van der Waals surface area contributed by atoms with Gasteiger partial charge in [0.2, 0.25) is 11.9 Å². The third kappa shape index (κ3) is 4.78. The molecule has 1 fully saturated rings. The van der Waals surface area contributed by atoms with Crippen molar-refractivity contribution in [1.29, 1.82) is 0 Å². The van der Waals surface area contributed by atoms with Crippen LogP contribution < -0.4 is 10.2 Å². The smallest absolute Gasteiger partial charge is 0.339 e. The van der Waals surface area contributed by atoms with Crippen LogP contribution >= 0.6 is 0 Å². The zero-order valence-electron chi connectivity index (χ0n) is 12.9. The molecule has 0 unspecified atom stereocenters. The largest absolute Gasteiger partial charge is 0.419 e. The zero-order chi connectivity index (χ0) is 16.9. The van der Waals surface area contributed by atoms with Crippen molar-refractivity contribution in [3.8, 4) is 0 Å². The molecule has 6 nitrogen and oxygen atoms in total. The summed E-state index contributed by atoms with van der Waals surface area (Å²) < 4.78 is 37.5. The number of amides is 1. The lowest BCUT2D eigenvalue weighted by molar-refractivity contribution is -0.138. The van der Waals surface area contributed by atoms with Gasteiger partial charge in [-0.15, -0.1) is 0 Å². The summed E-state index contributed by atoms with van der Waals surface area (Å²) in [7, 11) is 0. The second kappa shape index (κ2) is 7.58. The number of carbonyl (C=O) groups is 1. The van der Waals surface area contributed by atoms with Crippen LogP contribution in [0.15, 0.2) is 12.4 Å². The van der Waals surface area contributed by atoms with Gasteiger partial charge < -0.3 is 15.1 Å². The van der Waals surface area contributed by atoms with Crippen molar-refractivity contribution in [3.05, 3.63) is 18.0 Å². The summed E-state index contributed by atoms with van der Waals surface area (Å²) in [6.45, 7) is 5.53. The molecule has 0 bridgehead atoms. The van der Waals surface area contributed by atoms with Crippen LogP contribution in [0, 0.1) is 0 Å². The minimum Gasteiger partial charge on any atom is -0.339 e. The molecule has 2 rings (SSSR count). The first kappa shape index (κ1) is 17.5. The molecule has 0 saturated carbocycles. The summed E-state index contributed by atoms with van der Waals surface area (Å²) in [5, 5.41) is 3.10. The average Bonchev–Trinajstić information content (AvgIpc) is 2.54. The minimum atomic E-state index is -4.43. The van der Waals surface area contributed by atoms with Gasteiger partial charge in [-0.3, -0.25) is 4.79 Å². The van der Waals surface area contributed by atoms with Crippen molar-refractivity contribution in [1.82, 2.24) is 20.2 Å². The van der Waals surface area contributed by atoms with Gasteiger partial charge in [-0.1, -0.05) is 6.92 Å². The summed E-state index contributed by atoms with van der Waals surface area (Å²) in [6, 6.07) is 0. The lowest BCUT2D eigenvalue weighted by Gasteiger charge is -2.34. The first-order valence-electron chi connectivity index (χ1n) is 7.54. The maximum absolute atomic E-state index is 12.5. The summed E-state index contributed by atoms with van der Waals surface area (Å²) in [4.78, 5) is 23.1. The minimum absolute atomic E-state index is 0.0823. The highest BCUT2D eigenvalue weighted by atomic mass is 19.4. The number of alkyl halides is 3. The molecule has 128 valence electrons. The number of hydrogen-bond acceptors (Lipinski definition) is 5. The second-order valence-electron chi connectivity index (χ2n) is 5.24. The number of halogens is 3. The average molecular weight is 331 g/mol. The molecular weight excluding hydrogens is 311 g/mol. The van der Waals surface area contributed by atoms with Gasteiger partial charge in [0, 0.05) is 51.5 Å². The van der Waals surface area contributed by atoms with Crippen LogP contribution in [0.4, 0.5) is 19.1 Å². The maximum Gasteiger partial charge on any atom is 0.419 e. The molecule has 0 radical (unpaired) electrons.